The van der Waals surface area contributed by atoms with Crippen LogP contribution in [0.4, 0.5) is 11.5 Å². The Bertz CT molecular complexity index is 394. The first-order valence-corrected chi connectivity index (χ1v) is 7.30. The molecule has 1 aliphatic rings. The number of carbonyl (C=O) groups excluding carboxylic acids is 1. The molecule has 0 atom stereocenters. The van der Waals surface area contributed by atoms with Crippen molar-refractivity contribution in [2.45, 2.75) is 57.9 Å². The summed E-state index contributed by atoms with van der Waals surface area (Å²) in [6.07, 6.45) is 9.99. The Morgan fingerprint density at radius 1 is 1.26 bits per heavy atom. The van der Waals surface area contributed by atoms with E-state index in [1.54, 1.807) is 6.20 Å². The van der Waals surface area contributed by atoms with E-state index in [2.05, 4.69) is 15.6 Å². The van der Waals surface area contributed by atoms with Gasteiger partial charge in [0.25, 0.3) is 0 Å². The largest absolute Gasteiger partial charge is 0.367 e. The Balaban J connectivity index is 1.88. The minimum absolute atomic E-state index is 0.0197. The molecule has 19 heavy (non-hydrogen) atoms. The SMILES string of the molecule is CCC(=O)Nc1ccc(NC2CCCCCC2)nc1. The molecule has 1 aromatic rings. The van der Waals surface area contributed by atoms with Crippen molar-refractivity contribution < 1.29 is 4.79 Å². The van der Waals surface area contributed by atoms with E-state index >= 15 is 0 Å². The number of carbonyl (C=O) groups is 1. The number of nitrogens with zero attached hydrogens (tertiary/aromatic N) is 1. The van der Waals surface area contributed by atoms with E-state index in [0.29, 0.717) is 12.5 Å². The van der Waals surface area contributed by atoms with E-state index in [9.17, 15) is 4.79 Å². The highest BCUT2D eigenvalue weighted by atomic mass is 16.1. The van der Waals surface area contributed by atoms with Crippen molar-refractivity contribution in [1.82, 2.24) is 4.98 Å². The summed E-state index contributed by atoms with van der Waals surface area (Å²) in [5, 5.41) is 6.29. The molecule has 1 amide bonds. The highest BCUT2D eigenvalue weighted by Gasteiger charge is 2.12. The van der Waals surface area contributed by atoms with Gasteiger partial charge in [-0.2, -0.15) is 0 Å². The topological polar surface area (TPSA) is 54.0 Å². The van der Waals surface area contributed by atoms with Gasteiger partial charge in [0.05, 0.1) is 11.9 Å². The summed E-state index contributed by atoms with van der Waals surface area (Å²) in [5.41, 5.74) is 0.762. The van der Waals surface area contributed by atoms with Crippen LogP contribution in [-0.2, 0) is 4.79 Å². The summed E-state index contributed by atoms with van der Waals surface area (Å²) < 4.78 is 0. The molecule has 0 aliphatic heterocycles. The Kier molecular flexibility index (Phi) is 5.19. The van der Waals surface area contributed by atoms with Crippen molar-refractivity contribution in [1.29, 1.82) is 0 Å². The summed E-state index contributed by atoms with van der Waals surface area (Å²) in [6.45, 7) is 1.84. The number of pyridine rings is 1. The number of rotatable bonds is 4. The fourth-order valence-corrected chi connectivity index (χ4v) is 2.44. The van der Waals surface area contributed by atoms with Crippen LogP contribution in [0.15, 0.2) is 18.3 Å². The van der Waals surface area contributed by atoms with Gasteiger partial charge in [-0.3, -0.25) is 4.79 Å². The van der Waals surface area contributed by atoms with E-state index in [-0.39, 0.29) is 5.91 Å². The molecule has 1 heterocycles. The third kappa shape index (κ3) is 4.54. The van der Waals surface area contributed by atoms with Crippen LogP contribution in [0.3, 0.4) is 0 Å². The van der Waals surface area contributed by atoms with Crippen LogP contribution in [0.5, 0.6) is 0 Å². The van der Waals surface area contributed by atoms with Crippen molar-refractivity contribution in [3.8, 4) is 0 Å². The van der Waals surface area contributed by atoms with Gasteiger partial charge in [-0.05, 0) is 25.0 Å². The molecule has 1 fully saturated rings. The lowest BCUT2D eigenvalue weighted by Crippen LogP contribution is -2.19. The molecule has 0 unspecified atom stereocenters. The quantitative estimate of drug-likeness (QED) is 0.815. The van der Waals surface area contributed by atoms with Gasteiger partial charge < -0.3 is 10.6 Å². The number of amides is 1. The summed E-state index contributed by atoms with van der Waals surface area (Å²) in [7, 11) is 0. The van der Waals surface area contributed by atoms with Gasteiger partial charge >= 0.3 is 0 Å². The molecule has 0 spiro atoms. The molecule has 0 bridgehead atoms. The molecular formula is C15H23N3O. The Hall–Kier alpha value is -1.58. The molecule has 4 heteroatoms. The monoisotopic (exact) mass is 261 g/mol. The molecule has 2 N–H and O–H groups in total. The zero-order chi connectivity index (χ0) is 13.5. The van der Waals surface area contributed by atoms with Crippen molar-refractivity contribution in [2.75, 3.05) is 10.6 Å². The number of anilines is 2. The number of hydrogen-bond donors (Lipinski definition) is 2. The van der Waals surface area contributed by atoms with Crippen LogP contribution in [0.1, 0.15) is 51.9 Å². The van der Waals surface area contributed by atoms with Gasteiger partial charge in [0.15, 0.2) is 0 Å². The predicted octanol–water partition coefficient (Wildman–Crippen LogP) is 3.56. The fraction of sp³-hybridized carbons (Fsp3) is 0.600. The van der Waals surface area contributed by atoms with E-state index in [1.165, 1.54) is 38.5 Å². The van der Waals surface area contributed by atoms with E-state index in [1.807, 2.05) is 19.1 Å². The summed E-state index contributed by atoms with van der Waals surface area (Å²) in [6, 6.07) is 4.39. The van der Waals surface area contributed by atoms with Crippen molar-refractivity contribution in [3.63, 3.8) is 0 Å². The number of nitrogens with one attached hydrogen (secondary N) is 2. The van der Waals surface area contributed by atoms with Crippen LogP contribution < -0.4 is 10.6 Å². The van der Waals surface area contributed by atoms with Gasteiger partial charge in [0, 0.05) is 12.5 Å². The average molecular weight is 261 g/mol. The van der Waals surface area contributed by atoms with Crippen molar-refractivity contribution in [2.24, 2.45) is 0 Å². The van der Waals surface area contributed by atoms with Gasteiger partial charge in [0.1, 0.15) is 5.82 Å². The highest BCUT2D eigenvalue weighted by Crippen LogP contribution is 2.20. The fourth-order valence-electron chi connectivity index (χ4n) is 2.44. The first-order chi connectivity index (χ1) is 9.28. The molecular weight excluding hydrogens is 238 g/mol. The Morgan fingerprint density at radius 2 is 2.00 bits per heavy atom. The van der Waals surface area contributed by atoms with Crippen LogP contribution in [0.25, 0.3) is 0 Å². The lowest BCUT2D eigenvalue weighted by molar-refractivity contribution is -0.115. The van der Waals surface area contributed by atoms with E-state index in [4.69, 9.17) is 0 Å². The third-order valence-electron chi connectivity index (χ3n) is 3.58. The van der Waals surface area contributed by atoms with Gasteiger partial charge in [0.2, 0.25) is 5.91 Å². The van der Waals surface area contributed by atoms with Crippen LogP contribution >= 0.6 is 0 Å². The summed E-state index contributed by atoms with van der Waals surface area (Å²) >= 11 is 0. The lowest BCUT2D eigenvalue weighted by Gasteiger charge is -2.17. The summed E-state index contributed by atoms with van der Waals surface area (Å²) in [5.74, 6) is 0.924. The third-order valence-corrected chi connectivity index (χ3v) is 3.58. The van der Waals surface area contributed by atoms with Gasteiger partial charge in [-0.1, -0.05) is 32.6 Å². The minimum atomic E-state index is 0.0197. The normalized spacial score (nSPS) is 16.7. The maximum Gasteiger partial charge on any atom is 0.224 e. The van der Waals surface area contributed by atoms with Crippen molar-refractivity contribution in [3.05, 3.63) is 18.3 Å². The molecule has 1 saturated carbocycles. The van der Waals surface area contributed by atoms with Crippen LogP contribution in [-0.4, -0.2) is 16.9 Å². The number of aromatic nitrogens is 1. The zero-order valence-corrected chi connectivity index (χ0v) is 11.6. The average Bonchev–Trinajstić information content (AvgIpc) is 2.69. The van der Waals surface area contributed by atoms with Gasteiger partial charge in [-0.25, -0.2) is 4.98 Å². The van der Waals surface area contributed by atoms with Crippen molar-refractivity contribution >= 4 is 17.4 Å². The van der Waals surface area contributed by atoms with Crippen LogP contribution in [0.2, 0.25) is 0 Å². The molecule has 1 aromatic heterocycles. The lowest BCUT2D eigenvalue weighted by atomic mass is 10.1. The Morgan fingerprint density at radius 3 is 2.58 bits per heavy atom. The van der Waals surface area contributed by atoms with E-state index < -0.39 is 0 Å². The molecule has 0 aromatic carbocycles. The standard InChI is InChI=1S/C15H23N3O/c1-2-15(19)18-13-9-10-14(16-11-13)17-12-7-5-3-4-6-8-12/h9-12H,2-8H2,1H3,(H,16,17)(H,18,19). The first kappa shape index (κ1) is 13.8. The zero-order valence-electron chi connectivity index (χ0n) is 11.6. The maximum absolute atomic E-state index is 11.3. The minimum Gasteiger partial charge on any atom is -0.367 e. The maximum atomic E-state index is 11.3. The second-order valence-corrected chi connectivity index (χ2v) is 5.17. The molecule has 1 aliphatic carbocycles. The second kappa shape index (κ2) is 7.12. The summed E-state index contributed by atoms with van der Waals surface area (Å²) in [4.78, 5) is 15.6. The van der Waals surface area contributed by atoms with Gasteiger partial charge in [-0.15, -0.1) is 0 Å². The molecule has 2 rings (SSSR count). The smallest absolute Gasteiger partial charge is 0.224 e. The van der Waals surface area contributed by atoms with Crippen LogP contribution in [0, 0.1) is 0 Å². The number of hydrogen-bond acceptors (Lipinski definition) is 3. The van der Waals surface area contributed by atoms with E-state index in [0.717, 1.165) is 11.5 Å². The first-order valence-electron chi connectivity index (χ1n) is 7.30. The molecule has 0 radical (unpaired) electrons. The second-order valence-electron chi connectivity index (χ2n) is 5.17. The Labute approximate surface area is 115 Å². The predicted molar refractivity (Wildman–Crippen MR) is 78.3 cm³/mol. The molecule has 104 valence electrons. The highest BCUT2D eigenvalue weighted by molar-refractivity contribution is 5.90. The molecule has 0 saturated heterocycles. The molecule has 4 nitrogen and oxygen atoms in total.